The molecule has 0 fully saturated rings. The lowest BCUT2D eigenvalue weighted by Gasteiger charge is -2.31. The molecule has 8 heteroatoms. The van der Waals surface area contributed by atoms with E-state index in [4.69, 9.17) is 4.74 Å². The minimum absolute atomic E-state index is 0.103. The number of hydrogen-bond acceptors (Lipinski definition) is 6. The molecule has 2 aromatic carbocycles. The average Bonchev–Trinajstić information content (AvgIpc) is 3.18. The van der Waals surface area contributed by atoms with Crippen molar-refractivity contribution in [3.05, 3.63) is 83.2 Å². The van der Waals surface area contributed by atoms with Crippen LogP contribution in [0.15, 0.2) is 66.4 Å². The number of ether oxygens (including phenoxy) is 1. The molecule has 0 saturated carbocycles. The molecule has 3 aromatic rings. The minimum Gasteiger partial charge on any atom is -0.478 e. The van der Waals surface area contributed by atoms with Crippen LogP contribution < -0.4 is 15.1 Å². The van der Waals surface area contributed by atoms with Gasteiger partial charge in [0.2, 0.25) is 0 Å². The van der Waals surface area contributed by atoms with Crippen LogP contribution in [0.3, 0.4) is 0 Å². The van der Waals surface area contributed by atoms with Gasteiger partial charge >= 0.3 is 5.97 Å². The van der Waals surface area contributed by atoms with Crippen molar-refractivity contribution >= 4 is 17.4 Å². The molecule has 1 aliphatic rings. The van der Waals surface area contributed by atoms with Gasteiger partial charge in [-0.1, -0.05) is 18.2 Å². The Morgan fingerprint density at radius 3 is 2.47 bits per heavy atom. The summed E-state index contributed by atoms with van der Waals surface area (Å²) in [6.07, 6.45) is 1.68. The zero-order valence-electron chi connectivity index (χ0n) is 17.4. The molecule has 0 amide bonds. The highest BCUT2D eigenvalue weighted by Crippen LogP contribution is 2.33. The Morgan fingerprint density at radius 2 is 1.84 bits per heavy atom. The van der Waals surface area contributed by atoms with Gasteiger partial charge in [0.25, 0.3) is 0 Å². The van der Waals surface area contributed by atoms with Crippen molar-refractivity contribution in [2.75, 3.05) is 30.5 Å². The topological polar surface area (TPSA) is 111 Å². The number of benzene rings is 2. The average molecular weight is 430 g/mol. The first-order chi connectivity index (χ1) is 15.5. The number of anilines is 1. The normalized spacial score (nSPS) is 12.8. The van der Waals surface area contributed by atoms with E-state index in [1.165, 1.54) is 6.20 Å². The molecule has 8 nitrogen and oxygen atoms in total. The third kappa shape index (κ3) is 4.02. The number of nitrogens with one attached hydrogen (secondary N) is 1. The Bertz CT molecular complexity index is 1210. The molecule has 0 aliphatic carbocycles. The Morgan fingerprint density at radius 1 is 1.16 bits per heavy atom. The molecule has 4 rings (SSSR count). The first kappa shape index (κ1) is 21.0. The summed E-state index contributed by atoms with van der Waals surface area (Å²) in [5.41, 5.74) is 2.86. The predicted molar refractivity (Wildman–Crippen MR) is 120 cm³/mol. The maximum absolute atomic E-state index is 11.8. The predicted octanol–water partition coefficient (Wildman–Crippen LogP) is 3.44. The monoisotopic (exact) mass is 430 g/mol. The van der Waals surface area contributed by atoms with E-state index in [0.717, 1.165) is 11.4 Å². The number of nitriles is 1. The minimum atomic E-state index is -1.08. The highest BCUT2D eigenvalue weighted by Gasteiger charge is 2.30. The quantitative estimate of drug-likeness (QED) is 0.527. The number of para-hydroxylation sites is 1. The summed E-state index contributed by atoms with van der Waals surface area (Å²) >= 11 is 0. The molecule has 32 heavy (non-hydrogen) atoms. The SMILES string of the molecule is CN1CC(C#N)=C(Nc2ccc(Oc3ccccc3)cc2)c2c(CCO)c(C(=O)O)cn21. The van der Waals surface area contributed by atoms with Gasteiger partial charge in [-0.3, -0.25) is 4.68 Å². The Hall–Kier alpha value is -4.22. The molecule has 1 aliphatic heterocycles. The molecule has 2 heterocycles. The fourth-order valence-corrected chi connectivity index (χ4v) is 3.74. The number of aliphatic hydroxyl groups excluding tert-OH is 1. The number of aliphatic hydroxyl groups is 1. The van der Waals surface area contributed by atoms with Crippen molar-refractivity contribution in [2.24, 2.45) is 0 Å². The van der Waals surface area contributed by atoms with Gasteiger partial charge in [0, 0.05) is 25.5 Å². The smallest absolute Gasteiger partial charge is 0.337 e. The van der Waals surface area contributed by atoms with E-state index in [1.807, 2.05) is 54.6 Å². The van der Waals surface area contributed by atoms with Crippen LogP contribution in [0.4, 0.5) is 5.69 Å². The summed E-state index contributed by atoms with van der Waals surface area (Å²) < 4.78 is 7.53. The van der Waals surface area contributed by atoms with Crippen molar-refractivity contribution in [1.29, 1.82) is 5.26 Å². The van der Waals surface area contributed by atoms with Crippen molar-refractivity contribution < 1.29 is 19.7 Å². The van der Waals surface area contributed by atoms with E-state index in [0.29, 0.717) is 34.8 Å². The van der Waals surface area contributed by atoms with Crippen molar-refractivity contribution in [3.63, 3.8) is 0 Å². The second-order valence-electron chi connectivity index (χ2n) is 7.34. The van der Waals surface area contributed by atoms with E-state index in [2.05, 4.69) is 11.4 Å². The fourth-order valence-electron chi connectivity index (χ4n) is 3.74. The Balaban J connectivity index is 1.69. The molecule has 0 atom stereocenters. The number of carboxylic acid groups (broad SMARTS) is 1. The number of aromatic carboxylic acids is 1. The molecule has 3 N–H and O–H groups in total. The third-order valence-electron chi connectivity index (χ3n) is 5.21. The first-order valence-electron chi connectivity index (χ1n) is 10.0. The van der Waals surface area contributed by atoms with Crippen molar-refractivity contribution in [1.82, 2.24) is 4.68 Å². The van der Waals surface area contributed by atoms with Crippen LogP contribution in [0.1, 0.15) is 21.6 Å². The Labute approximate surface area is 185 Å². The van der Waals surface area contributed by atoms with Gasteiger partial charge < -0.3 is 25.3 Å². The van der Waals surface area contributed by atoms with E-state index in [-0.39, 0.29) is 18.6 Å². The zero-order valence-corrected chi connectivity index (χ0v) is 17.4. The number of carbonyl (C=O) groups is 1. The summed E-state index contributed by atoms with van der Waals surface area (Å²) in [6.45, 7) is 0.106. The third-order valence-corrected chi connectivity index (χ3v) is 5.21. The van der Waals surface area contributed by atoms with Gasteiger partial charge in [0.15, 0.2) is 0 Å². The molecule has 0 bridgehead atoms. The lowest BCUT2D eigenvalue weighted by molar-refractivity contribution is 0.0695. The number of carboxylic acids is 1. The fraction of sp³-hybridized carbons (Fsp3) is 0.167. The van der Waals surface area contributed by atoms with Crippen LogP contribution in [0, 0.1) is 11.3 Å². The first-order valence-corrected chi connectivity index (χ1v) is 10.0. The molecule has 0 unspecified atom stereocenters. The summed E-state index contributed by atoms with van der Waals surface area (Å²) in [5.74, 6) is 0.312. The molecular weight excluding hydrogens is 408 g/mol. The van der Waals surface area contributed by atoms with Gasteiger partial charge in [-0.05, 0) is 48.4 Å². The van der Waals surface area contributed by atoms with E-state index in [1.54, 1.807) is 16.7 Å². The molecule has 162 valence electrons. The standard InChI is InChI=1S/C24H22N4O4/c1-27-14-16(13-25)22(23-20(11-12-29)21(24(30)31)15-28(23)27)26-17-7-9-19(10-8-17)32-18-5-3-2-4-6-18/h2-10,15,26,29H,11-12,14H2,1H3,(H,30,31). The van der Waals surface area contributed by atoms with E-state index in [9.17, 15) is 20.3 Å². The largest absolute Gasteiger partial charge is 0.478 e. The van der Waals surface area contributed by atoms with Crippen LogP contribution in [-0.2, 0) is 6.42 Å². The van der Waals surface area contributed by atoms with Crippen molar-refractivity contribution in [3.8, 4) is 17.6 Å². The maximum atomic E-state index is 11.8. The number of fused-ring (bicyclic) bond motifs is 1. The van der Waals surface area contributed by atoms with Gasteiger partial charge in [0.1, 0.15) is 11.5 Å². The second-order valence-corrected chi connectivity index (χ2v) is 7.34. The van der Waals surface area contributed by atoms with Crippen molar-refractivity contribution in [2.45, 2.75) is 6.42 Å². The van der Waals surface area contributed by atoms with Crippen LogP contribution >= 0.6 is 0 Å². The van der Waals surface area contributed by atoms with Gasteiger partial charge in [0.05, 0.1) is 35.1 Å². The summed E-state index contributed by atoms with van der Waals surface area (Å²) in [7, 11) is 1.78. The zero-order chi connectivity index (χ0) is 22.7. The molecule has 0 radical (unpaired) electrons. The number of likely N-dealkylation sites (N-methyl/N-ethyl adjacent to an activating group) is 1. The lowest BCUT2D eigenvalue weighted by atomic mass is 10.0. The molecule has 0 saturated heterocycles. The second kappa shape index (κ2) is 8.88. The lowest BCUT2D eigenvalue weighted by Crippen LogP contribution is -2.37. The van der Waals surface area contributed by atoms with Gasteiger partial charge in [-0.25, -0.2) is 4.79 Å². The molecular formula is C24H22N4O4. The summed E-state index contributed by atoms with van der Waals surface area (Å²) in [4.78, 5) is 11.8. The highest BCUT2D eigenvalue weighted by atomic mass is 16.5. The summed E-state index contributed by atoms with van der Waals surface area (Å²) in [6, 6.07) is 18.9. The number of hydrogen-bond donors (Lipinski definition) is 3. The highest BCUT2D eigenvalue weighted by molar-refractivity contribution is 5.93. The van der Waals surface area contributed by atoms with E-state index >= 15 is 0 Å². The molecule has 0 spiro atoms. The number of aromatic nitrogens is 1. The van der Waals surface area contributed by atoms with E-state index < -0.39 is 5.97 Å². The maximum Gasteiger partial charge on any atom is 0.337 e. The van der Waals surface area contributed by atoms with Gasteiger partial charge in [-0.15, -0.1) is 0 Å². The number of rotatable bonds is 7. The van der Waals surface area contributed by atoms with Crippen LogP contribution in [0.25, 0.3) is 5.70 Å². The number of nitrogens with zero attached hydrogens (tertiary/aromatic N) is 3. The Kier molecular flexibility index (Phi) is 5.83. The van der Waals surface area contributed by atoms with Crippen LogP contribution in [0.5, 0.6) is 11.5 Å². The summed E-state index contributed by atoms with van der Waals surface area (Å²) in [5, 5.41) is 34.0. The van der Waals surface area contributed by atoms with Crippen LogP contribution in [0.2, 0.25) is 0 Å². The van der Waals surface area contributed by atoms with Gasteiger partial charge in [-0.2, -0.15) is 5.26 Å². The van der Waals surface area contributed by atoms with Crippen LogP contribution in [-0.4, -0.2) is 41.1 Å². The molecule has 1 aromatic heterocycles.